The second kappa shape index (κ2) is 7.82. The quantitative estimate of drug-likeness (QED) is 0.729. The van der Waals surface area contributed by atoms with Gasteiger partial charge in [0, 0.05) is 19.2 Å². The molecule has 0 aliphatic rings. The zero-order chi connectivity index (χ0) is 19.4. The van der Waals surface area contributed by atoms with Crippen LogP contribution >= 0.6 is 0 Å². The lowest BCUT2D eigenvalue weighted by Gasteiger charge is -2.08. The summed E-state index contributed by atoms with van der Waals surface area (Å²) in [7, 11) is 1.57. The molecule has 27 heavy (non-hydrogen) atoms. The maximum Gasteiger partial charge on any atom is 0.255 e. The highest BCUT2D eigenvalue weighted by atomic mass is 19.1. The molecule has 0 bridgehead atoms. The zero-order valence-corrected chi connectivity index (χ0v) is 15.0. The summed E-state index contributed by atoms with van der Waals surface area (Å²) in [5, 5.41) is 9.50. The average Bonchev–Trinajstić information content (AvgIpc) is 3.07. The number of benzene rings is 2. The van der Waals surface area contributed by atoms with Crippen LogP contribution in [0, 0.1) is 12.7 Å². The summed E-state index contributed by atoms with van der Waals surface area (Å²) in [6.07, 6.45) is 1.42. The molecule has 0 unspecified atom stereocenters. The van der Waals surface area contributed by atoms with Crippen molar-refractivity contribution in [3.05, 3.63) is 82.9 Å². The molecule has 0 radical (unpaired) electrons. The Labute approximate surface area is 156 Å². The van der Waals surface area contributed by atoms with Crippen molar-refractivity contribution < 1.29 is 14.0 Å². The normalized spacial score (nSPS) is 10.5. The molecule has 0 atom stereocenters. The molecule has 0 aliphatic carbocycles. The minimum Gasteiger partial charge on any atom is -0.355 e. The predicted octanol–water partition coefficient (Wildman–Crippen LogP) is 2.61. The van der Waals surface area contributed by atoms with Crippen LogP contribution < -0.4 is 10.6 Å². The molecule has 6 nitrogen and oxygen atoms in total. The van der Waals surface area contributed by atoms with Crippen LogP contribution in [0.5, 0.6) is 0 Å². The highest BCUT2D eigenvalue weighted by molar-refractivity contribution is 5.95. The van der Waals surface area contributed by atoms with E-state index in [0.29, 0.717) is 29.1 Å². The maximum atomic E-state index is 14.0. The van der Waals surface area contributed by atoms with E-state index in [1.165, 1.54) is 16.9 Å². The van der Waals surface area contributed by atoms with E-state index in [4.69, 9.17) is 0 Å². The number of halogens is 1. The van der Waals surface area contributed by atoms with Gasteiger partial charge in [-0.25, -0.2) is 9.07 Å². The largest absolute Gasteiger partial charge is 0.355 e. The van der Waals surface area contributed by atoms with Crippen LogP contribution in [-0.2, 0) is 6.54 Å². The molecule has 0 saturated heterocycles. The molecule has 1 heterocycles. The number of para-hydroxylation sites is 1. The molecule has 138 valence electrons. The molecule has 2 amide bonds. The van der Waals surface area contributed by atoms with Crippen LogP contribution in [0.1, 0.15) is 32.0 Å². The van der Waals surface area contributed by atoms with Gasteiger partial charge >= 0.3 is 0 Å². The van der Waals surface area contributed by atoms with Gasteiger partial charge in [0.05, 0.1) is 17.5 Å². The summed E-state index contributed by atoms with van der Waals surface area (Å²) >= 11 is 0. The molecule has 0 aliphatic heterocycles. The molecule has 7 heteroatoms. The van der Waals surface area contributed by atoms with E-state index < -0.39 is 5.82 Å². The number of nitrogens with zero attached hydrogens (tertiary/aromatic N) is 2. The summed E-state index contributed by atoms with van der Waals surface area (Å²) < 4.78 is 15.4. The van der Waals surface area contributed by atoms with Crippen molar-refractivity contribution in [2.45, 2.75) is 13.5 Å². The van der Waals surface area contributed by atoms with Crippen LogP contribution in [0.25, 0.3) is 5.69 Å². The lowest BCUT2D eigenvalue weighted by molar-refractivity contribution is 0.0945. The minimum absolute atomic E-state index is 0.165. The van der Waals surface area contributed by atoms with E-state index >= 15 is 0 Å². The third-order valence-corrected chi connectivity index (χ3v) is 4.23. The molecule has 3 rings (SSSR count). The molecule has 0 spiro atoms. The number of hydrogen-bond acceptors (Lipinski definition) is 3. The van der Waals surface area contributed by atoms with Gasteiger partial charge in [0.2, 0.25) is 0 Å². The monoisotopic (exact) mass is 366 g/mol. The highest BCUT2D eigenvalue weighted by Crippen LogP contribution is 2.17. The van der Waals surface area contributed by atoms with Gasteiger partial charge < -0.3 is 10.6 Å². The Morgan fingerprint density at radius 3 is 2.44 bits per heavy atom. The third kappa shape index (κ3) is 3.87. The lowest BCUT2D eigenvalue weighted by Crippen LogP contribution is -2.23. The van der Waals surface area contributed by atoms with Crippen molar-refractivity contribution in [2.75, 3.05) is 7.05 Å². The fraction of sp³-hybridized carbons (Fsp3) is 0.150. The van der Waals surface area contributed by atoms with Crippen molar-refractivity contribution in [1.29, 1.82) is 0 Å². The Morgan fingerprint density at radius 1 is 1.07 bits per heavy atom. The number of nitrogens with one attached hydrogen (secondary N) is 2. The zero-order valence-electron chi connectivity index (χ0n) is 15.0. The third-order valence-electron chi connectivity index (χ3n) is 4.23. The molecule has 3 aromatic rings. The van der Waals surface area contributed by atoms with E-state index in [9.17, 15) is 14.0 Å². The molecule has 0 saturated carbocycles. The van der Waals surface area contributed by atoms with Gasteiger partial charge in [-0.05, 0) is 36.8 Å². The van der Waals surface area contributed by atoms with Gasteiger partial charge in [-0.15, -0.1) is 0 Å². The predicted molar refractivity (Wildman–Crippen MR) is 99.3 cm³/mol. The number of carbonyl (C=O) groups is 2. The fourth-order valence-electron chi connectivity index (χ4n) is 2.69. The lowest BCUT2D eigenvalue weighted by atomic mass is 10.1. The van der Waals surface area contributed by atoms with Gasteiger partial charge in [0.15, 0.2) is 0 Å². The average molecular weight is 366 g/mol. The molecular weight excluding hydrogens is 347 g/mol. The van der Waals surface area contributed by atoms with Gasteiger partial charge in [0.1, 0.15) is 11.5 Å². The summed E-state index contributed by atoms with van der Waals surface area (Å²) in [6.45, 7) is 2.02. The van der Waals surface area contributed by atoms with Crippen molar-refractivity contribution >= 4 is 11.8 Å². The second-order valence-electron chi connectivity index (χ2n) is 5.97. The number of carbonyl (C=O) groups excluding carboxylic acids is 2. The Bertz CT molecular complexity index is 980. The Hall–Kier alpha value is -3.48. The molecule has 1 aromatic heterocycles. The first kappa shape index (κ1) is 18.3. The van der Waals surface area contributed by atoms with Crippen molar-refractivity contribution in [1.82, 2.24) is 20.4 Å². The van der Waals surface area contributed by atoms with Crippen LogP contribution in [0.2, 0.25) is 0 Å². The van der Waals surface area contributed by atoms with Gasteiger partial charge in [-0.3, -0.25) is 9.59 Å². The standard InChI is InChI=1S/C20H19FN4O2/c1-13-16(12-24-25(13)18-6-4-3-5-17(18)21)20(27)23-11-14-7-9-15(10-8-14)19(26)22-2/h3-10,12H,11H2,1-2H3,(H,22,26)(H,23,27). The summed E-state index contributed by atoms with van der Waals surface area (Å²) in [5.41, 5.74) is 2.62. The second-order valence-corrected chi connectivity index (χ2v) is 5.97. The summed E-state index contributed by atoms with van der Waals surface area (Å²) in [4.78, 5) is 24.0. The Kier molecular flexibility index (Phi) is 5.30. The summed E-state index contributed by atoms with van der Waals surface area (Å²) in [6, 6.07) is 13.2. The molecule has 2 aromatic carbocycles. The molecule has 0 fully saturated rings. The van der Waals surface area contributed by atoms with E-state index in [2.05, 4.69) is 15.7 Å². The van der Waals surface area contributed by atoms with E-state index in [1.807, 2.05) is 0 Å². The molecular formula is C20H19FN4O2. The maximum absolute atomic E-state index is 14.0. The van der Waals surface area contributed by atoms with Crippen LogP contribution in [0.3, 0.4) is 0 Å². The van der Waals surface area contributed by atoms with E-state index in [0.717, 1.165) is 5.56 Å². The fourth-order valence-corrected chi connectivity index (χ4v) is 2.69. The van der Waals surface area contributed by atoms with E-state index in [1.54, 1.807) is 56.4 Å². The first-order chi connectivity index (χ1) is 13.0. The Balaban J connectivity index is 1.70. The van der Waals surface area contributed by atoms with Crippen molar-refractivity contribution in [3.63, 3.8) is 0 Å². The van der Waals surface area contributed by atoms with Crippen molar-refractivity contribution in [3.8, 4) is 5.69 Å². The van der Waals surface area contributed by atoms with Crippen molar-refractivity contribution in [2.24, 2.45) is 0 Å². The SMILES string of the molecule is CNC(=O)c1ccc(CNC(=O)c2cnn(-c3ccccc3F)c2C)cc1. The van der Waals surface area contributed by atoms with Gasteiger partial charge in [0.25, 0.3) is 11.8 Å². The topological polar surface area (TPSA) is 76.0 Å². The number of amides is 2. The Morgan fingerprint density at radius 2 is 1.78 bits per heavy atom. The smallest absolute Gasteiger partial charge is 0.255 e. The first-order valence-corrected chi connectivity index (χ1v) is 8.40. The van der Waals surface area contributed by atoms with Crippen LogP contribution in [0.15, 0.2) is 54.7 Å². The van der Waals surface area contributed by atoms with E-state index in [-0.39, 0.29) is 11.8 Å². The minimum atomic E-state index is -0.410. The first-order valence-electron chi connectivity index (χ1n) is 8.40. The number of aromatic nitrogens is 2. The van der Waals surface area contributed by atoms with Crippen LogP contribution in [-0.4, -0.2) is 28.6 Å². The summed E-state index contributed by atoms with van der Waals surface area (Å²) in [5.74, 6) is -0.876. The van der Waals surface area contributed by atoms with Gasteiger partial charge in [-0.1, -0.05) is 24.3 Å². The number of rotatable bonds is 5. The number of hydrogen-bond donors (Lipinski definition) is 2. The van der Waals surface area contributed by atoms with Crippen LogP contribution in [0.4, 0.5) is 4.39 Å². The van der Waals surface area contributed by atoms with Gasteiger partial charge in [-0.2, -0.15) is 5.10 Å². The highest BCUT2D eigenvalue weighted by Gasteiger charge is 2.16. The molecule has 2 N–H and O–H groups in total.